The summed E-state index contributed by atoms with van der Waals surface area (Å²) in [4.78, 5) is 19.7. The normalized spacial score (nSPS) is 14.6. The number of halogens is 2. The van der Waals surface area contributed by atoms with Gasteiger partial charge in [0, 0.05) is 29.3 Å². The second kappa shape index (κ2) is 8.34. The van der Waals surface area contributed by atoms with Crippen molar-refractivity contribution in [3.8, 4) is 17.2 Å². The molecule has 0 amide bonds. The van der Waals surface area contributed by atoms with Gasteiger partial charge >= 0.3 is 0 Å². The Morgan fingerprint density at radius 1 is 1.00 bits per heavy atom. The summed E-state index contributed by atoms with van der Waals surface area (Å²) in [7, 11) is 0. The van der Waals surface area contributed by atoms with Crippen LogP contribution >= 0.6 is 23.2 Å². The van der Waals surface area contributed by atoms with Crippen LogP contribution in [-0.4, -0.2) is 27.7 Å². The highest BCUT2D eigenvalue weighted by molar-refractivity contribution is 6.30. The van der Waals surface area contributed by atoms with E-state index in [4.69, 9.17) is 23.2 Å². The van der Waals surface area contributed by atoms with Gasteiger partial charge in [-0.1, -0.05) is 47.5 Å². The van der Waals surface area contributed by atoms with Crippen LogP contribution in [0.4, 0.5) is 5.82 Å². The third-order valence-corrected chi connectivity index (χ3v) is 6.56. The highest BCUT2D eigenvalue weighted by Gasteiger charge is 2.26. The summed E-state index contributed by atoms with van der Waals surface area (Å²) in [5.41, 5.74) is 2.91. The van der Waals surface area contributed by atoms with Gasteiger partial charge in [0.15, 0.2) is 5.65 Å². The quantitative estimate of drug-likeness (QED) is 0.449. The maximum absolute atomic E-state index is 13.2. The van der Waals surface area contributed by atoms with Crippen molar-refractivity contribution < 1.29 is 0 Å². The van der Waals surface area contributed by atoms with Gasteiger partial charge in [0.05, 0.1) is 5.56 Å². The molecule has 0 atom stereocenters. The van der Waals surface area contributed by atoms with E-state index >= 15 is 0 Å². The molecule has 2 aromatic carbocycles. The second-order valence-corrected chi connectivity index (χ2v) is 8.78. The molecule has 0 radical (unpaired) electrons. The largest absolute Gasteiger partial charge is 0.356 e. The molecule has 4 aromatic rings. The van der Waals surface area contributed by atoms with Crippen molar-refractivity contribution in [1.82, 2.24) is 14.6 Å². The lowest BCUT2D eigenvalue weighted by Gasteiger charge is -2.32. The van der Waals surface area contributed by atoms with Gasteiger partial charge < -0.3 is 4.90 Å². The second-order valence-electron chi connectivity index (χ2n) is 7.90. The van der Waals surface area contributed by atoms with Crippen LogP contribution in [0.1, 0.15) is 29.9 Å². The molecular weight excluding hydrogens is 445 g/mol. The van der Waals surface area contributed by atoms with Crippen molar-refractivity contribution in [3.63, 3.8) is 0 Å². The van der Waals surface area contributed by atoms with E-state index in [1.807, 2.05) is 12.1 Å². The number of fused-ring (bicyclic) bond motifs is 1. The first-order chi connectivity index (χ1) is 15.5. The predicted molar refractivity (Wildman–Crippen MR) is 127 cm³/mol. The lowest BCUT2D eigenvalue weighted by molar-refractivity contribution is 0.502. The van der Waals surface area contributed by atoms with E-state index in [9.17, 15) is 10.1 Å². The molecule has 5 rings (SSSR count). The highest BCUT2D eigenvalue weighted by Crippen LogP contribution is 2.32. The molecule has 1 N–H and O–H groups in total. The van der Waals surface area contributed by atoms with Crippen LogP contribution in [0, 0.1) is 11.3 Å². The molecule has 1 aliphatic heterocycles. The maximum Gasteiger partial charge on any atom is 0.280 e. The number of aromatic amines is 1. The van der Waals surface area contributed by atoms with E-state index in [2.05, 4.69) is 33.2 Å². The molecule has 0 aliphatic carbocycles. The minimum Gasteiger partial charge on any atom is -0.356 e. The Hall–Kier alpha value is -3.27. The van der Waals surface area contributed by atoms with Gasteiger partial charge in [0.2, 0.25) is 0 Å². The van der Waals surface area contributed by atoms with Crippen LogP contribution in [0.25, 0.3) is 16.8 Å². The molecule has 32 heavy (non-hydrogen) atoms. The molecule has 1 aliphatic rings. The number of benzene rings is 2. The number of H-pyrrole nitrogens is 1. The molecule has 6 nitrogen and oxygen atoms in total. The molecule has 8 heteroatoms. The number of nitrogens with zero attached hydrogens (tertiary/aromatic N) is 4. The smallest absolute Gasteiger partial charge is 0.280 e. The molecule has 160 valence electrons. The maximum atomic E-state index is 13.2. The molecule has 0 saturated carbocycles. The van der Waals surface area contributed by atoms with Crippen LogP contribution in [0.2, 0.25) is 10.0 Å². The van der Waals surface area contributed by atoms with Gasteiger partial charge in [-0.05, 0) is 54.2 Å². The van der Waals surface area contributed by atoms with E-state index in [0.29, 0.717) is 33.5 Å². The van der Waals surface area contributed by atoms with Crippen LogP contribution in [0.5, 0.6) is 0 Å². The van der Waals surface area contributed by atoms with Crippen molar-refractivity contribution >= 4 is 34.7 Å². The number of nitriles is 1. The van der Waals surface area contributed by atoms with Crippen LogP contribution < -0.4 is 10.5 Å². The summed E-state index contributed by atoms with van der Waals surface area (Å²) < 4.78 is 1.36. The summed E-state index contributed by atoms with van der Waals surface area (Å²) >= 11 is 12.0. The van der Waals surface area contributed by atoms with Crippen molar-refractivity contribution in [2.45, 2.75) is 18.8 Å². The van der Waals surface area contributed by atoms with Crippen LogP contribution in [0.15, 0.2) is 59.5 Å². The van der Waals surface area contributed by atoms with Crippen LogP contribution in [0.3, 0.4) is 0 Å². The Morgan fingerprint density at radius 3 is 2.25 bits per heavy atom. The Bertz CT molecular complexity index is 1380. The third-order valence-electron chi connectivity index (χ3n) is 6.06. The monoisotopic (exact) mass is 463 g/mol. The number of hydrogen-bond donors (Lipinski definition) is 1. The first kappa shape index (κ1) is 20.6. The van der Waals surface area contributed by atoms with Crippen molar-refractivity contribution in [1.29, 1.82) is 5.26 Å². The zero-order chi connectivity index (χ0) is 22.2. The SMILES string of the molecule is N#Cc1c(N2CCC(c3ccc(Cl)cc3)CC2)[nH]n2c(=O)c(-c3ccc(Cl)cc3)cnc12. The summed E-state index contributed by atoms with van der Waals surface area (Å²) in [6.07, 6.45) is 3.41. The molecule has 1 saturated heterocycles. The number of anilines is 1. The number of nitrogens with one attached hydrogen (secondary N) is 1. The summed E-state index contributed by atoms with van der Waals surface area (Å²) in [5, 5.41) is 14.3. The molecule has 1 fully saturated rings. The number of hydrogen-bond acceptors (Lipinski definition) is 4. The molecule has 3 heterocycles. The summed E-state index contributed by atoms with van der Waals surface area (Å²) in [5.74, 6) is 1.08. The zero-order valence-electron chi connectivity index (χ0n) is 17.1. The average Bonchev–Trinajstić information content (AvgIpc) is 3.20. The summed E-state index contributed by atoms with van der Waals surface area (Å²) in [6, 6.07) is 17.3. The standard InChI is InChI=1S/C24H19Cl2N5O/c25-18-5-1-15(2-6-18)16-9-11-30(12-10-16)23-20(13-27)22-28-14-21(24(32)31(22)29-23)17-3-7-19(26)8-4-17/h1-8,14,16,29H,9-12H2. The molecule has 2 aromatic heterocycles. The fourth-order valence-electron chi connectivity index (χ4n) is 4.33. The van der Waals surface area contributed by atoms with Gasteiger partial charge in [0.25, 0.3) is 5.56 Å². The van der Waals surface area contributed by atoms with Gasteiger partial charge in [-0.2, -0.15) is 9.78 Å². The van der Waals surface area contributed by atoms with Gasteiger partial charge in [-0.15, -0.1) is 0 Å². The van der Waals surface area contributed by atoms with E-state index in [1.54, 1.807) is 24.3 Å². The fraction of sp³-hybridized carbons (Fsp3) is 0.208. The number of piperidine rings is 1. The number of rotatable bonds is 3. The topological polar surface area (TPSA) is 77.2 Å². The van der Waals surface area contributed by atoms with Crippen LogP contribution in [-0.2, 0) is 0 Å². The van der Waals surface area contributed by atoms with Gasteiger partial charge in [0.1, 0.15) is 17.5 Å². The predicted octanol–water partition coefficient (Wildman–Crippen LogP) is 5.25. The molecular formula is C24H19Cl2N5O. The van der Waals surface area contributed by atoms with Crippen molar-refractivity contribution in [2.75, 3.05) is 18.0 Å². The molecule has 0 spiro atoms. The average molecular weight is 464 g/mol. The summed E-state index contributed by atoms with van der Waals surface area (Å²) in [6.45, 7) is 1.54. The lowest BCUT2D eigenvalue weighted by atomic mass is 9.89. The highest BCUT2D eigenvalue weighted by atomic mass is 35.5. The Morgan fingerprint density at radius 2 is 1.62 bits per heavy atom. The van der Waals surface area contributed by atoms with E-state index in [1.165, 1.54) is 16.3 Å². The Labute approximate surface area is 194 Å². The van der Waals surface area contributed by atoms with E-state index in [-0.39, 0.29) is 5.56 Å². The Kier molecular flexibility index (Phi) is 5.38. The molecule has 0 bridgehead atoms. The van der Waals surface area contributed by atoms with E-state index < -0.39 is 0 Å². The van der Waals surface area contributed by atoms with Gasteiger partial charge in [-0.3, -0.25) is 9.89 Å². The van der Waals surface area contributed by atoms with E-state index in [0.717, 1.165) is 36.5 Å². The Balaban J connectivity index is 1.46. The first-order valence-corrected chi connectivity index (χ1v) is 11.1. The number of aromatic nitrogens is 3. The molecule has 0 unspecified atom stereocenters. The minimum atomic E-state index is -0.254. The lowest BCUT2D eigenvalue weighted by Crippen LogP contribution is -2.33. The zero-order valence-corrected chi connectivity index (χ0v) is 18.6. The first-order valence-electron chi connectivity index (χ1n) is 10.4. The minimum absolute atomic E-state index is 0.254. The van der Waals surface area contributed by atoms with Gasteiger partial charge in [-0.25, -0.2) is 4.98 Å². The fourth-order valence-corrected chi connectivity index (χ4v) is 4.59. The van der Waals surface area contributed by atoms with Crippen molar-refractivity contribution in [2.24, 2.45) is 0 Å². The third kappa shape index (κ3) is 3.64. The van der Waals surface area contributed by atoms with Crippen molar-refractivity contribution in [3.05, 3.63) is 86.3 Å².